The molecule has 0 heterocycles. The summed E-state index contributed by atoms with van der Waals surface area (Å²) in [5.41, 5.74) is 3.23. The second kappa shape index (κ2) is 14.7. The molecule has 0 bridgehead atoms. The van der Waals surface area contributed by atoms with E-state index in [-0.39, 0.29) is 12.5 Å². The zero-order valence-corrected chi connectivity index (χ0v) is 23.4. The highest BCUT2D eigenvalue weighted by atomic mass is 19.1. The second-order valence-corrected chi connectivity index (χ2v) is 9.44. The number of nitrogens with zero attached hydrogens (tertiary/aromatic N) is 2. The van der Waals surface area contributed by atoms with Gasteiger partial charge < -0.3 is 10.1 Å². The lowest BCUT2D eigenvalue weighted by molar-refractivity contribution is 0.0957. The Labute approximate surface area is 221 Å². The molecule has 0 aromatic heterocycles. The number of alkyl halides is 1. The molecule has 0 spiro atoms. The summed E-state index contributed by atoms with van der Waals surface area (Å²) < 4.78 is 20.1. The number of hydrogen-bond donors (Lipinski definition) is 1. The Morgan fingerprint density at radius 3 is 2.27 bits per heavy atom. The maximum atomic E-state index is 14.0. The Morgan fingerprint density at radius 1 is 1.08 bits per heavy atom. The number of ether oxygens (including phenoxy) is 1. The number of allylic oxidation sites excluding steroid dienone is 5. The number of amides is 1. The van der Waals surface area contributed by atoms with E-state index in [0.29, 0.717) is 28.4 Å². The zero-order valence-electron chi connectivity index (χ0n) is 23.4. The SMILES string of the molecule is C=C/C(=C\N=C(C)C(C)(C)F)CNC(=O)c1cc(OC(/C=C\C)=C/C(=C)C)cc(C(C)=NC=C(C)C)c1. The predicted molar refractivity (Wildman–Crippen MR) is 155 cm³/mol. The molecule has 0 aliphatic rings. The van der Waals surface area contributed by atoms with E-state index in [1.54, 1.807) is 31.3 Å². The molecule has 1 aromatic carbocycles. The van der Waals surface area contributed by atoms with Gasteiger partial charge in [-0.25, -0.2) is 4.39 Å². The number of carbonyl (C=O) groups is 1. The first-order valence-electron chi connectivity index (χ1n) is 12.1. The number of rotatable bonds is 12. The molecular weight excluding hydrogens is 465 g/mol. The van der Waals surface area contributed by atoms with Gasteiger partial charge in [0.25, 0.3) is 5.91 Å². The van der Waals surface area contributed by atoms with Crippen molar-refractivity contribution in [1.29, 1.82) is 0 Å². The van der Waals surface area contributed by atoms with Gasteiger partial charge in [-0.15, -0.1) is 0 Å². The van der Waals surface area contributed by atoms with Gasteiger partial charge in [0.1, 0.15) is 17.2 Å². The van der Waals surface area contributed by atoms with Gasteiger partial charge in [-0.05, 0) is 91.3 Å². The molecule has 0 fully saturated rings. The molecule has 6 heteroatoms. The van der Waals surface area contributed by atoms with Crippen LogP contribution in [0.5, 0.6) is 5.75 Å². The van der Waals surface area contributed by atoms with Crippen LogP contribution < -0.4 is 10.1 Å². The van der Waals surface area contributed by atoms with Crippen molar-refractivity contribution in [3.05, 3.63) is 102 Å². The fraction of sp³-hybridized carbons (Fsp3) is 0.323. The highest BCUT2D eigenvalue weighted by Crippen LogP contribution is 2.22. The van der Waals surface area contributed by atoms with Gasteiger partial charge >= 0.3 is 0 Å². The summed E-state index contributed by atoms with van der Waals surface area (Å²) in [4.78, 5) is 21.8. The zero-order chi connectivity index (χ0) is 28.2. The summed E-state index contributed by atoms with van der Waals surface area (Å²) in [7, 11) is 0. The van der Waals surface area contributed by atoms with E-state index >= 15 is 0 Å². The van der Waals surface area contributed by atoms with Gasteiger partial charge in [0, 0.05) is 35.8 Å². The largest absolute Gasteiger partial charge is 0.457 e. The molecule has 0 aliphatic heterocycles. The molecule has 1 N–H and O–H groups in total. The average Bonchev–Trinajstić information content (AvgIpc) is 2.81. The third-order valence-electron chi connectivity index (χ3n) is 5.06. The van der Waals surface area contributed by atoms with Gasteiger partial charge in [0.05, 0.1) is 5.71 Å². The van der Waals surface area contributed by atoms with Crippen LogP contribution in [0.25, 0.3) is 0 Å². The molecule has 37 heavy (non-hydrogen) atoms. The molecule has 0 radical (unpaired) electrons. The van der Waals surface area contributed by atoms with Crippen molar-refractivity contribution in [2.45, 2.75) is 61.1 Å². The van der Waals surface area contributed by atoms with Crippen molar-refractivity contribution in [2.75, 3.05) is 6.54 Å². The van der Waals surface area contributed by atoms with Crippen LogP contribution in [0.2, 0.25) is 0 Å². The van der Waals surface area contributed by atoms with Crippen molar-refractivity contribution in [2.24, 2.45) is 9.98 Å². The van der Waals surface area contributed by atoms with Crippen LogP contribution in [0, 0.1) is 0 Å². The van der Waals surface area contributed by atoms with E-state index < -0.39 is 5.67 Å². The first kappa shape index (κ1) is 31.2. The molecule has 0 saturated carbocycles. The Morgan fingerprint density at radius 2 is 1.73 bits per heavy atom. The van der Waals surface area contributed by atoms with Crippen LogP contribution in [0.1, 0.15) is 71.3 Å². The number of halogens is 1. The minimum Gasteiger partial charge on any atom is -0.457 e. The Balaban J connectivity index is 3.37. The number of aliphatic imine (C=N–C) groups is 2. The lowest BCUT2D eigenvalue weighted by Crippen LogP contribution is -2.26. The molecule has 0 atom stereocenters. The third-order valence-corrected chi connectivity index (χ3v) is 5.06. The van der Waals surface area contributed by atoms with Gasteiger partial charge in [0.2, 0.25) is 0 Å². The molecule has 0 saturated heterocycles. The Kier molecular flexibility index (Phi) is 12.4. The molecule has 5 nitrogen and oxygen atoms in total. The van der Waals surface area contributed by atoms with Gasteiger partial charge in [0.15, 0.2) is 0 Å². The summed E-state index contributed by atoms with van der Waals surface area (Å²) in [5, 5.41) is 2.88. The summed E-state index contributed by atoms with van der Waals surface area (Å²) in [6, 6.07) is 5.28. The van der Waals surface area contributed by atoms with Gasteiger partial charge in [-0.3, -0.25) is 14.8 Å². The lowest BCUT2D eigenvalue weighted by Gasteiger charge is -2.13. The van der Waals surface area contributed by atoms with E-state index in [1.165, 1.54) is 20.0 Å². The lowest BCUT2D eigenvalue weighted by atomic mass is 10.1. The maximum Gasteiger partial charge on any atom is 0.251 e. The van der Waals surface area contributed by atoms with Crippen molar-refractivity contribution in [3.8, 4) is 5.75 Å². The molecule has 198 valence electrons. The fourth-order valence-electron chi connectivity index (χ4n) is 2.74. The van der Waals surface area contributed by atoms with Gasteiger partial charge in [-0.2, -0.15) is 0 Å². The first-order chi connectivity index (χ1) is 17.3. The normalized spacial score (nSPS) is 13.4. The molecule has 1 aromatic rings. The summed E-state index contributed by atoms with van der Waals surface area (Å²) in [5.74, 6) is 0.778. The second-order valence-electron chi connectivity index (χ2n) is 9.44. The minimum atomic E-state index is -1.53. The van der Waals surface area contributed by atoms with E-state index in [2.05, 4.69) is 28.5 Å². The van der Waals surface area contributed by atoms with Gasteiger partial charge in [-0.1, -0.05) is 36.5 Å². The maximum absolute atomic E-state index is 14.0. The number of benzene rings is 1. The van der Waals surface area contributed by atoms with Crippen molar-refractivity contribution >= 4 is 17.3 Å². The van der Waals surface area contributed by atoms with E-state index in [4.69, 9.17) is 4.74 Å². The number of carbonyl (C=O) groups excluding carboxylic acids is 1. The molecule has 0 unspecified atom stereocenters. The smallest absolute Gasteiger partial charge is 0.251 e. The third kappa shape index (κ3) is 11.7. The van der Waals surface area contributed by atoms with Crippen molar-refractivity contribution in [3.63, 3.8) is 0 Å². The quantitative estimate of drug-likeness (QED) is 0.179. The van der Waals surface area contributed by atoms with E-state index in [0.717, 1.165) is 22.4 Å². The number of nitrogens with one attached hydrogen (secondary N) is 1. The van der Waals surface area contributed by atoms with E-state index in [9.17, 15) is 9.18 Å². The van der Waals surface area contributed by atoms with Crippen LogP contribution >= 0.6 is 0 Å². The summed E-state index contributed by atoms with van der Waals surface area (Å²) >= 11 is 0. The summed E-state index contributed by atoms with van der Waals surface area (Å²) in [6.07, 6.45) is 10.4. The van der Waals surface area contributed by atoms with Crippen LogP contribution in [-0.2, 0) is 0 Å². The number of hydrogen-bond acceptors (Lipinski definition) is 4. The predicted octanol–water partition coefficient (Wildman–Crippen LogP) is 7.84. The molecule has 1 amide bonds. The van der Waals surface area contributed by atoms with Crippen LogP contribution in [0.15, 0.2) is 101 Å². The van der Waals surface area contributed by atoms with E-state index in [1.807, 2.05) is 58.9 Å². The van der Waals surface area contributed by atoms with Crippen molar-refractivity contribution in [1.82, 2.24) is 5.32 Å². The topological polar surface area (TPSA) is 63.0 Å². The highest BCUT2D eigenvalue weighted by Gasteiger charge is 2.19. The standard InChI is InChI=1S/C31H40FN3O2/c1-11-13-28(14-21(3)4)37-29-16-26(23(7)33-18-22(5)6)15-27(17-29)30(36)35-20-25(12-2)19-34-24(8)31(9,10)32/h11-19H,2-3,20H2,1,4-10H3,(H,35,36)/b13-11-,25-19+,28-14+,33-23?,34-24?. The van der Waals surface area contributed by atoms with Crippen molar-refractivity contribution < 1.29 is 13.9 Å². The first-order valence-corrected chi connectivity index (χ1v) is 12.1. The highest BCUT2D eigenvalue weighted by molar-refractivity contribution is 6.03. The van der Waals surface area contributed by atoms with Crippen LogP contribution in [0.4, 0.5) is 4.39 Å². The average molecular weight is 506 g/mol. The monoisotopic (exact) mass is 505 g/mol. The Bertz CT molecular complexity index is 1190. The molecular formula is C31H40FN3O2. The minimum absolute atomic E-state index is 0.177. The van der Waals surface area contributed by atoms with Crippen LogP contribution in [-0.4, -0.2) is 29.5 Å². The fourth-order valence-corrected chi connectivity index (χ4v) is 2.74. The summed E-state index contributed by atoms with van der Waals surface area (Å²) in [6.45, 7) is 21.9. The molecule has 0 aliphatic carbocycles. The Hall–Kier alpha value is -3.80. The van der Waals surface area contributed by atoms with Crippen LogP contribution in [0.3, 0.4) is 0 Å². The molecule has 1 rings (SSSR count).